The van der Waals surface area contributed by atoms with Gasteiger partial charge in [0.15, 0.2) is 0 Å². The lowest BCUT2D eigenvalue weighted by molar-refractivity contribution is -0.109. The van der Waals surface area contributed by atoms with Crippen LogP contribution in [0.4, 0.5) is 0 Å². The molecule has 0 unspecified atom stereocenters. The van der Waals surface area contributed by atoms with Crippen molar-refractivity contribution in [3.63, 3.8) is 0 Å². The van der Waals surface area contributed by atoms with Gasteiger partial charge in [-0.2, -0.15) is 10.5 Å². The van der Waals surface area contributed by atoms with Gasteiger partial charge in [0.25, 0.3) is 5.60 Å². The number of ether oxygens (including phenoxy) is 3. The SMILES string of the molecule is COCOC(C#N)(C#N)[C@@H](N=[N+]=[N-])[C@H](C)OCc1ccccc1. The number of methoxy groups -OCH3 is 1. The highest BCUT2D eigenvalue weighted by molar-refractivity contribution is 5.24. The number of hydrogen-bond donors (Lipinski definition) is 0. The van der Waals surface area contributed by atoms with E-state index in [1.165, 1.54) is 7.11 Å². The summed E-state index contributed by atoms with van der Waals surface area (Å²) in [6.45, 7) is 1.57. The minimum Gasteiger partial charge on any atom is -0.373 e. The first kappa shape index (κ1) is 18.4. The zero-order chi connectivity index (χ0) is 17.1. The van der Waals surface area contributed by atoms with Crippen molar-refractivity contribution >= 4 is 0 Å². The molecule has 0 saturated heterocycles. The largest absolute Gasteiger partial charge is 0.373 e. The smallest absolute Gasteiger partial charge is 0.254 e. The Bertz CT molecular complexity index is 602. The van der Waals surface area contributed by atoms with Crippen LogP contribution in [0, 0.1) is 22.7 Å². The number of benzene rings is 1. The fourth-order valence-electron chi connectivity index (χ4n) is 1.91. The van der Waals surface area contributed by atoms with Gasteiger partial charge >= 0.3 is 0 Å². The van der Waals surface area contributed by atoms with E-state index in [4.69, 9.17) is 19.7 Å². The molecule has 23 heavy (non-hydrogen) atoms. The Morgan fingerprint density at radius 3 is 2.48 bits per heavy atom. The molecule has 0 radical (unpaired) electrons. The molecule has 1 aromatic carbocycles. The van der Waals surface area contributed by atoms with Gasteiger partial charge in [0, 0.05) is 12.0 Å². The highest BCUT2D eigenvalue weighted by atomic mass is 16.7. The first-order chi connectivity index (χ1) is 11.1. The Kier molecular flexibility index (Phi) is 7.55. The summed E-state index contributed by atoms with van der Waals surface area (Å²) in [5, 5.41) is 22.2. The van der Waals surface area contributed by atoms with Gasteiger partial charge in [-0.3, -0.25) is 0 Å². The van der Waals surface area contributed by atoms with E-state index in [0.717, 1.165) is 5.56 Å². The normalized spacial score (nSPS) is 13.2. The van der Waals surface area contributed by atoms with Crippen LogP contribution >= 0.6 is 0 Å². The molecule has 0 aliphatic rings. The molecule has 0 saturated carbocycles. The van der Waals surface area contributed by atoms with Gasteiger partial charge in [0.05, 0.1) is 12.7 Å². The minimum atomic E-state index is -1.99. The third kappa shape index (κ3) is 4.96. The van der Waals surface area contributed by atoms with E-state index in [9.17, 15) is 10.5 Å². The fraction of sp³-hybridized carbons (Fsp3) is 0.467. The predicted molar refractivity (Wildman–Crippen MR) is 80.5 cm³/mol. The van der Waals surface area contributed by atoms with Gasteiger partial charge in [-0.1, -0.05) is 35.4 Å². The third-order valence-electron chi connectivity index (χ3n) is 3.13. The van der Waals surface area contributed by atoms with E-state index in [-0.39, 0.29) is 13.4 Å². The third-order valence-corrected chi connectivity index (χ3v) is 3.13. The Hall–Kier alpha value is -2.61. The monoisotopic (exact) mass is 315 g/mol. The molecule has 0 aliphatic heterocycles. The van der Waals surface area contributed by atoms with Crippen LogP contribution < -0.4 is 0 Å². The topological polar surface area (TPSA) is 124 Å². The standard InChI is InChI=1S/C15H17N5O3/c1-12(22-8-13-6-4-3-5-7-13)14(19-20-18)15(9-16,10-17)23-11-21-2/h3-7,12,14H,8,11H2,1-2H3/t12-,14-/m0/s1. The van der Waals surface area contributed by atoms with Crippen LogP contribution in [0.2, 0.25) is 0 Å². The van der Waals surface area contributed by atoms with E-state index < -0.39 is 17.7 Å². The second-order valence-corrected chi connectivity index (χ2v) is 4.66. The quantitative estimate of drug-likeness (QED) is 0.300. The van der Waals surface area contributed by atoms with E-state index in [0.29, 0.717) is 0 Å². The Morgan fingerprint density at radius 2 is 1.96 bits per heavy atom. The second-order valence-electron chi connectivity index (χ2n) is 4.66. The minimum absolute atomic E-state index is 0.247. The summed E-state index contributed by atoms with van der Waals surface area (Å²) in [4.78, 5) is 2.70. The van der Waals surface area contributed by atoms with Crippen molar-refractivity contribution in [1.29, 1.82) is 10.5 Å². The molecule has 0 N–H and O–H groups in total. The Labute approximate surface area is 134 Å². The van der Waals surface area contributed by atoms with Crippen LogP contribution in [0.1, 0.15) is 12.5 Å². The number of hydrogen-bond acceptors (Lipinski definition) is 6. The molecule has 8 nitrogen and oxygen atoms in total. The lowest BCUT2D eigenvalue weighted by Gasteiger charge is -2.29. The number of azide groups is 1. The first-order valence-electron chi connectivity index (χ1n) is 6.78. The summed E-state index contributed by atoms with van der Waals surface area (Å²) in [6, 6.07) is 11.7. The van der Waals surface area contributed by atoms with Crippen LogP contribution in [0.3, 0.4) is 0 Å². The van der Waals surface area contributed by atoms with Crippen LogP contribution in [0.15, 0.2) is 35.4 Å². The molecule has 1 aromatic rings. The highest BCUT2D eigenvalue weighted by Gasteiger charge is 2.44. The van der Waals surface area contributed by atoms with E-state index >= 15 is 0 Å². The van der Waals surface area contributed by atoms with Crippen molar-refractivity contribution in [1.82, 2.24) is 0 Å². The average molecular weight is 315 g/mol. The molecule has 8 heteroatoms. The van der Waals surface area contributed by atoms with Crippen LogP contribution in [0.5, 0.6) is 0 Å². The molecule has 120 valence electrons. The first-order valence-corrected chi connectivity index (χ1v) is 6.78. The molecule has 1 rings (SSSR count). The van der Waals surface area contributed by atoms with Crippen molar-refractivity contribution in [2.75, 3.05) is 13.9 Å². The summed E-state index contributed by atoms with van der Waals surface area (Å²) in [6.07, 6.45) is -0.720. The molecule has 0 heterocycles. The zero-order valence-corrected chi connectivity index (χ0v) is 12.9. The summed E-state index contributed by atoms with van der Waals surface area (Å²) < 4.78 is 15.6. The zero-order valence-electron chi connectivity index (χ0n) is 12.9. The lowest BCUT2D eigenvalue weighted by Crippen LogP contribution is -2.48. The van der Waals surface area contributed by atoms with Crippen molar-refractivity contribution in [3.05, 3.63) is 46.3 Å². The predicted octanol–water partition coefficient (Wildman–Crippen LogP) is 2.68. The maximum atomic E-state index is 9.34. The molecular formula is C15H17N5O3. The Morgan fingerprint density at radius 1 is 1.30 bits per heavy atom. The van der Waals surface area contributed by atoms with Gasteiger partial charge < -0.3 is 14.2 Å². The van der Waals surface area contributed by atoms with Crippen LogP contribution in [-0.2, 0) is 20.8 Å². The number of rotatable bonds is 9. The van der Waals surface area contributed by atoms with E-state index in [1.54, 1.807) is 19.1 Å². The fourth-order valence-corrected chi connectivity index (χ4v) is 1.91. The molecule has 0 fully saturated rings. The average Bonchev–Trinajstić information content (AvgIpc) is 2.60. The molecule has 0 spiro atoms. The Balaban J connectivity index is 2.92. The summed E-state index contributed by atoms with van der Waals surface area (Å²) >= 11 is 0. The van der Waals surface area contributed by atoms with Gasteiger partial charge in [-0.15, -0.1) is 0 Å². The van der Waals surface area contributed by atoms with Crippen LogP contribution in [-0.4, -0.2) is 31.6 Å². The van der Waals surface area contributed by atoms with Crippen molar-refractivity contribution in [3.8, 4) is 12.1 Å². The summed E-state index contributed by atoms with van der Waals surface area (Å²) in [7, 11) is 1.36. The highest BCUT2D eigenvalue weighted by Crippen LogP contribution is 2.24. The van der Waals surface area contributed by atoms with Crippen molar-refractivity contribution in [2.24, 2.45) is 5.11 Å². The van der Waals surface area contributed by atoms with E-state index in [1.807, 2.05) is 30.3 Å². The molecule has 0 aromatic heterocycles. The van der Waals surface area contributed by atoms with Crippen molar-refractivity contribution < 1.29 is 14.2 Å². The van der Waals surface area contributed by atoms with Gasteiger partial charge in [-0.05, 0) is 18.0 Å². The molecule has 0 bridgehead atoms. The molecular weight excluding hydrogens is 298 g/mol. The molecule has 0 amide bonds. The molecule has 2 atom stereocenters. The lowest BCUT2D eigenvalue weighted by atomic mass is 9.93. The maximum absolute atomic E-state index is 9.34. The van der Waals surface area contributed by atoms with Gasteiger partial charge in [-0.25, -0.2) is 0 Å². The second kappa shape index (κ2) is 9.42. The maximum Gasteiger partial charge on any atom is 0.254 e. The summed E-state index contributed by atoms with van der Waals surface area (Å²) in [5.41, 5.74) is 7.67. The van der Waals surface area contributed by atoms with Crippen molar-refractivity contribution in [2.45, 2.75) is 31.3 Å². The van der Waals surface area contributed by atoms with Crippen LogP contribution in [0.25, 0.3) is 10.4 Å². The van der Waals surface area contributed by atoms with Gasteiger partial charge in [0.1, 0.15) is 25.0 Å². The summed E-state index contributed by atoms with van der Waals surface area (Å²) in [5.74, 6) is 0. The van der Waals surface area contributed by atoms with Gasteiger partial charge in [0.2, 0.25) is 0 Å². The van der Waals surface area contributed by atoms with E-state index in [2.05, 4.69) is 10.0 Å². The molecule has 0 aliphatic carbocycles. The number of nitrogens with zero attached hydrogens (tertiary/aromatic N) is 5. The number of nitriles is 2.